The molecule has 3 heterocycles. The zero-order valence-corrected chi connectivity index (χ0v) is 12.0. The third-order valence-corrected chi connectivity index (χ3v) is 3.56. The lowest BCUT2D eigenvalue weighted by Gasteiger charge is -2.14. The summed E-state index contributed by atoms with van der Waals surface area (Å²) >= 11 is 0. The van der Waals surface area contributed by atoms with Crippen molar-refractivity contribution in [1.82, 2.24) is 24.8 Å². The molecule has 2 aromatic rings. The lowest BCUT2D eigenvalue weighted by atomic mass is 10.1. The number of anilines is 2. The van der Waals surface area contributed by atoms with E-state index in [9.17, 15) is 4.79 Å². The van der Waals surface area contributed by atoms with Crippen LogP contribution in [0.5, 0.6) is 0 Å². The first-order valence-electron chi connectivity index (χ1n) is 7.06. The van der Waals surface area contributed by atoms with Crippen molar-refractivity contribution in [2.24, 2.45) is 5.73 Å². The van der Waals surface area contributed by atoms with Gasteiger partial charge in [0, 0.05) is 18.7 Å². The van der Waals surface area contributed by atoms with E-state index in [1.54, 1.807) is 18.6 Å². The second-order valence-corrected chi connectivity index (χ2v) is 5.24. The van der Waals surface area contributed by atoms with Gasteiger partial charge in [-0.2, -0.15) is 0 Å². The van der Waals surface area contributed by atoms with E-state index in [2.05, 4.69) is 25.3 Å². The number of aromatic nitrogens is 4. The monoisotopic (exact) mass is 299 g/mol. The molecule has 0 spiro atoms. The van der Waals surface area contributed by atoms with Gasteiger partial charge in [-0.1, -0.05) is 0 Å². The smallest absolute Gasteiger partial charge is 0.231 e. The summed E-state index contributed by atoms with van der Waals surface area (Å²) < 4.78 is 0. The van der Waals surface area contributed by atoms with Crippen LogP contribution in [0.1, 0.15) is 18.0 Å². The lowest BCUT2D eigenvalue weighted by molar-refractivity contribution is -0.118. The fourth-order valence-corrected chi connectivity index (χ4v) is 2.59. The maximum atomic E-state index is 11.0. The highest BCUT2D eigenvalue weighted by Crippen LogP contribution is 2.26. The van der Waals surface area contributed by atoms with Crippen molar-refractivity contribution in [2.75, 3.05) is 25.0 Å². The number of rotatable bonds is 5. The molecule has 0 aromatic carbocycles. The van der Waals surface area contributed by atoms with Gasteiger partial charge < -0.3 is 11.1 Å². The van der Waals surface area contributed by atoms with Gasteiger partial charge in [0.2, 0.25) is 11.9 Å². The van der Waals surface area contributed by atoms with Gasteiger partial charge >= 0.3 is 0 Å². The van der Waals surface area contributed by atoms with Crippen molar-refractivity contribution in [1.29, 1.82) is 0 Å². The molecule has 1 unspecified atom stereocenters. The molecule has 1 aliphatic heterocycles. The zero-order valence-electron chi connectivity index (χ0n) is 12.0. The van der Waals surface area contributed by atoms with Crippen LogP contribution in [0, 0.1) is 0 Å². The van der Waals surface area contributed by atoms with Crippen molar-refractivity contribution >= 4 is 17.5 Å². The number of nitrogens with zero attached hydrogens (tertiary/aromatic N) is 5. The Bertz CT molecular complexity index is 649. The molecule has 0 radical (unpaired) electrons. The molecular weight excluding hydrogens is 282 g/mol. The Balaban J connectivity index is 1.68. The number of nitrogens with two attached hydrogens (primary N) is 1. The van der Waals surface area contributed by atoms with E-state index in [-0.39, 0.29) is 11.8 Å². The number of hydrogen-bond acceptors (Lipinski definition) is 7. The molecule has 1 amide bonds. The van der Waals surface area contributed by atoms with E-state index in [4.69, 9.17) is 5.73 Å². The summed E-state index contributed by atoms with van der Waals surface area (Å²) in [5.41, 5.74) is 6.94. The van der Waals surface area contributed by atoms with Crippen molar-refractivity contribution in [3.05, 3.63) is 36.7 Å². The quantitative estimate of drug-likeness (QED) is 0.816. The average Bonchev–Trinajstić information content (AvgIpc) is 2.96. The van der Waals surface area contributed by atoms with Crippen molar-refractivity contribution in [3.8, 4) is 0 Å². The predicted octanol–water partition coefficient (Wildman–Crippen LogP) is 0.285. The van der Waals surface area contributed by atoms with E-state index in [1.165, 1.54) is 6.33 Å². The summed E-state index contributed by atoms with van der Waals surface area (Å²) in [7, 11) is 0. The van der Waals surface area contributed by atoms with Crippen LogP contribution in [0.15, 0.2) is 31.0 Å². The number of primary amides is 1. The predicted molar refractivity (Wildman–Crippen MR) is 80.3 cm³/mol. The third-order valence-electron chi connectivity index (χ3n) is 3.56. The highest BCUT2D eigenvalue weighted by Gasteiger charge is 2.25. The zero-order chi connectivity index (χ0) is 15.4. The molecule has 1 fully saturated rings. The summed E-state index contributed by atoms with van der Waals surface area (Å²) in [5.74, 6) is 0.505. The molecule has 3 N–H and O–H groups in total. The van der Waals surface area contributed by atoms with Crippen LogP contribution in [0.2, 0.25) is 0 Å². The molecule has 1 atom stereocenters. The minimum absolute atomic E-state index is 0.287. The van der Waals surface area contributed by atoms with Gasteiger partial charge in [-0.25, -0.2) is 19.9 Å². The van der Waals surface area contributed by atoms with Crippen LogP contribution in [-0.4, -0.2) is 50.4 Å². The number of carbonyl (C=O) groups is 1. The van der Waals surface area contributed by atoms with E-state index in [0.29, 0.717) is 12.5 Å². The first kappa shape index (κ1) is 14.3. The Labute approximate surface area is 127 Å². The van der Waals surface area contributed by atoms with E-state index < -0.39 is 0 Å². The normalized spacial score (nSPS) is 18.3. The molecule has 0 aliphatic carbocycles. The van der Waals surface area contributed by atoms with Gasteiger partial charge in [-0.3, -0.25) is 9.69 Å². The van der Waals surface area contributed by atoms with Gasteiger partial charge in [0.25, 0.3) is 0 Å². The number of amides is 1. The first-order valence-corrected chi connectivity index (χ1v) is 7.06. The number of hydrogen-bond donors (Lipinski definition) is 2. The summed E-state index contributed by atoms with van der Waals surface area (Å²) in [6.07, 6.45) is 7.47. The Morgan fingerprint density at radius 1 is 1.41 bits per heavy atom. The highest BCUT2D eigenvalue weighted by atomic mass is 16.1. The molecule has 3 rings (SSSR count). The number of likely N-dealkylation sites (tertiary alicyclic amines) is 1. The summed E-state index contributed by atoms with van der Waals surface area (Å²) in [6.45, 7) is 1.94. The molecule has 1 aliphatic rings. The van der Waals surface area contributed by atoms with Crippen LogP contribution in [0.3, 0.4) is 0 Å². The van der Waals surface area contributed by atoms with Crippen LogP contribution in [-0.2, 0) is 4.79 Å². The maximum absolute atomic E-state index is 11.0. The van der Waals surface area contributed by atoms with E-state index >= 15 is 0 Å². The Morgan fingerprint density at radius 3 is 3.00 bits per heavy atom. The number of nitrogens with one attached hydrogen (secondary N) is 1. The summed E-state index contributed by atoms with van der Waals surface area (Å²) in [5, 5.41) is 3.08. The molecule has 22 heavy (non-hydrogen) atoms. The van der Waals surface area contributed by atoms with E-state index in [1.807, 2.05) is 11.0 Å². The van der Waals surface area contributed by atoms with Gasteiger partial charge in [-0.15, -0.1) is 0 Å². The Morgan fingerprint density at radius 2 is 2.23 bits per heavy atom. The van der Waals surface area contributed by atoms with E-state index in [0.717, 1.165) is 30.9 Å². The van der Waals surface area contributed by atoms with Crippen LogP contribution < -0.4 is 11.1 Å². The fraction of sp³-hybridized carbons (Fsp3) is 0.357. The molecule has 8 heteroatoms. The number of carbonyl (C=O) groups excluding carboxylic acids is 1. The molecule has 8 nitrogen and oxygen atoms in total. The molecule has 2 aromatic heterocycles. The highest BCUT2D eigenvalue weighted by molar-refractivity contribution is 5.75. The van der Waals surface area contributed by atoms with Gasteiger partial charge in [0.1, 0.15) is 6.33 Å². The molecular formula is C14H17N7O. The van der Waals surface area contributed by atoms with Crippen molar-refractivity contribution in [2.45, 2.75) is 12.3 Å². The maximum Gasteiger partial charge on any atom is 0.231 e. The average molecular weight is 299 g/mol. The minimum Gasteiger partial charge on any atom is -0.369 e. The van der Waals surface area contributed by atoms with Crippen molar-refractivity contribution in [3.63, 3.8) is 0 Å². The lowest BCUT2D eigenvalue weighted by Crippen LogP contribution is -2.31. The molecule has 0 bridgehead atoms. The van der Waals surface area contributed by atoms with Crippen molar-refractivity contribution < 1.29 is 4.79 Å². The summed E-state index contributed by atoms with van der Waals surface area (Å²) in [6, 6.07) is 1.91. The second-order valence-electron chi connectivity index (χ2n) is 5.24. The van der Waals surface area contributed by atoms with Crippen LogP contribution in [0.25, 0.3) is 0 Å². The molecule has 1 saturated heterocycles. The van der Waals surface area contributed by atoms with Crippen LogP contribution >= 0.6 is 0 Å². The molecule has 0 saturated carbocycles. The van der Waals surface area contributed by atoms with Gasteiger partial charge in [0.15, 0.2) is 0 Å². The minimum atomic E-state index is -0.297. The first-order chi connectivity index (χ1) is 10.7. The van der Waals surface area contributed by atoms with Crippen LogP contribution in [0.4, 0.5) is 11.6 Å². The largest absolute Gasteiger partial charge is 0.369 e. The fourth-order valence-electron chi connectivity index (χ4n) is 2.59. The van der Waals surface area contributed by atoms with Gasteiger partial charge in [-0.05, 0) is 19.0 Å². The topological polar surface area (TPSA) is 110 Å². The SMILES string of the molecule is NC(=O)CN1CCC(c2ccnc(Nc3cncnc3)n2)C1. The third kappa shape index (κ3) is 3.53. The second kappa shape index (κ2) is 6.44. The standard InChI is InChI=1S/C14H17N7O/c15-13(22)8-21-4-2-10(7-21)12-1-3-18-14(20-12)19-11-5-16-9-17-6-11/h1,3,5-6,9-10H,2,4,7-8H2,(H2,15,22)(H,18,19,20). The Kier molecular flexibility index (Phi) is 4.19. The van der Waals surface area contributed by atoms with Gasteiger partial charge in [0.05, 0.1) is 30.3 Å². The Hall–Kier alpha value is -2.61. The molecule has 114 valence electrons. The summed E-state index contributed by atoms with van der Waals surface area (Å²) in [4.78, 5) is 29.7.